The monoisotopic (exact) mass is 395 g/mol. The molecule has 1 aromatic heterocycles. The van der Waals surface area contributed by atoms with Crippen LogP contribution in [-0.4, -0.2) is 36.3 Å². The highest BCUT2D eigenvalue weighted by atomic mass is 16.5. The van der Waals surface area contributed by atoms with Crippen LogP contribution in [0.2, 0.25) is 0 Å². The van der Waals surface area contributed by atoms with Crippen LogP contribution in [0.3, 0.4) is 0 Å². The lowest BCUT2D eigenvalue weighted by Gasteiger charge is -2.11. The molecule has 0 aliphatic rings. The summed E-state index contributed by atoms with van der Waals surface area (Å²) < 4.78 is 16.4. The number of carbonyl (C=O) groups excluding carboxylic acids is 1. The van der Waals surface area contributed by atoms with Gasteiger partial charge in [-0.1, -0.05) is 36.2 Å². The molecule has 7 heteroatoms. The Hall–Kier alpha value is -3.35. The van der Waals surface area contributed by atoms with Crippen molar-refractivity contribution in [3.63, 3.8) is 0 Å². The largest absolute Gasteiger partial charge is 0.493 e. The zero-order chi connectivity index (χ0) is 20.6. The smallest absolute Gasteiger partial charge is 0.258 e. The molecule has 29 heavy (non-hydrogen) atoms. The molecule has 0 spiro atoms. The lowest BCUT2D eigenvalue weighted by molar-refractivity contribution is -0.123. The van der Waals surface area contributed by atoms with Crippen LogP contribution in [0.15, 0.2) is 47.0 Å². The SMILES string of the molecule is CCCCNC(=O)COc1ccc(-c2noc(-c3ccc(C)cc3)n2)cc1OC. The number of benzene rings is 2. The van der Waals surface area contributed by atoms with Crippen LogP contribution in [-0.2, 0) is 4.79 Å². The van der Waals surface area contributed by atoms with Crippen LogP contribution in [0.5, 0.6) is 11.5 Å². The number of hydrogen-bond donors (Lipinski definition) is 1. The number of nitrogens with zero attached hydrogens (tertiary/aromatic N) is 2. The molecule has 0 atom stereocenters. The van der Waals surface area contributed by atoms with E-state index in [-0.39, 0.29) is 12.5 Å². The summed E-state index contributed by atoms with van der Waals surface area (Å²) in [5.74, 6) is 1.70. The Morgan fingerprint density at radius 3 is 2.59 bits per heavy atom. The number of methoxy groups -OCH3 is 1. The summed E-state index contributed by atoms with van der Waals surface area (Å²) in [6, 6.07) is 13.2. The third-order valence-corrected chi connectivity index (χ3v) is 4.36. The minimum Gasteiger partial charge on any atom is -0.493 e. The van der Waals surface area contributed by atoms with Gasteiger partial charge in [0.25, 0.3) is 11.8 Å². The van der Waals surface area contributed by atoms with Crippen molar-refractivity contribution >= 4 is 5.91 Å². The first-order valence-corrected chi connectivity index (χ1v) is 9.59. The highest BCUT2D eigenvalue weighted by Gasteiger charge is 2.14. The second kappa shape index (κ2) is 9.73. The maximum atomic E-state index is 11.8. The van der Waals surface area contributed by atoms with Gasteiger partial charge in [0.2, 0.25) is 5.82 Å². The molecule has 3 aromatic rings. The van der Waals surface area contributed by atoms with E-state index in [0.717, 1.165) is 29.5 Å². The highest BCUT2D eigenvalue weighted by molar-refractivity contribution is 5.77. The number of ether oxygens (including phenoxy) is 2. The Labute approximate surface area is 170 Å². The third-order valence-electron chi connectivity index (χ3n) is 4.36. The molecule has 0 unspecified atom stereocenters. The first-order chi connectivity index (χ1) is 14.1. The number of carbonyl (C=O) groups is 1. The van der Waals surface area contributed by atoms with Crippen molar-refractivity contribution in [2.24, 2.45) is 0 Å². The average Bonchev–Trinajstić information content (AvgIpc) is 3.23. The molecule has 0 bridgehead atoms. The molecule has 7 nitrogen and oxygen atoms in total. The van der Waals surface area contributed by atoms with Gasteiger partial charge >= 0.3 is 0 Å². The van der Waals surface area contributed by atoms with Crippen molar-refractivity contribution in [3.05, 3.63) is 48.0 Å². The molecule has 3 rings (SSSR count). The zero-order valence-electron chi connectivity index (χ0n) is 16.9. The van der Waals surface area contributed by atoms with Gasteiger partial charge in [0.1, 0.15) is 0 Å². The fraction of sp³-hybridized carbons (Fsp3) is 0.318. The normalized spacial score (nSPS) is 10.6. The third kappa shape index (κ3) is 5.34. The molecular formula is C22H25N3O4. The number of aromatic nitrogens is 2. The van der Waals surface area contributed by atoms with E-state index in [1.54, 1.807) is 25.3 Å². The van der Waals surface area contributed by atoms with E-state index >= 15 is 0 Å². The van der Waals surface area contributed by atoms with Crippen molar-refractivity contribution < 1.29 is 18.8 Å². The fourth-order valence-corrected chi connectivity index (χ4v) is 2.68. The van der Waals surface area contributed by atoms with Crippen molar-refractivity contribution in [1.29, 1.82) is 0 Å². The minimum atomic E-state index is -0.162. The van der Waals surface area contributed by atoms with Crippen LogP contribution in [0.1, 0.15) is 25.3 Å². The van der Waals surface area contributed by atoms with Crippen LogP contribution >= 0.6 is 0 Å². The van der Waals surface area contributed by atoms with Gasteiger partial charge in [-0.15, -0.1) is 0 Å². The lowest BCUT2D eigenvalue weighted by atomic mass is 10.1. The molecule has 0 saturated heterocycles. The Morgan fingerprint density at radius 1 is 1.10 bits per heavy atom. The van der Waals surface area contributed by atoms with E-state index in [1.807, 2.05) is 31.2 Å². The van der Waals surface area contributed by atoms with Gasteiger partial charge in [0, 0.05) is 17.7 Å². The first-order valence-electron chi connectivity index (χ1n) is 9.59. The molecule has 1 amide bonds. The number of amides is 1. The number of unbranched alkanes of at least 4 members (excludes halogenated alkanes) is 1. The molecule has 0 aliphatic heterocycles. The second-order valence-electron chi connectivity index (χ2n) is 6.65. The van der Waals surface area contributed by atoms with Gasteiger partial charge in [-0.2, -0.15) is 4.98 Å². The van der Waals surface area contributed by atoms with Gasteiger partial charge in [-0.25, -0.2) is 0 Å². The van der Waals surface area contributed by atoms with E-state index in [9.17, 15) is 4.79 Å². The van der Waals surface area contributed by atoms with E-state index in [0.29, 0.717) is 29.8 Å². The zero-order valence-corrected chi connectivity index (χ0v) is 16.9. The van der Waals surface area contributed by atoms with Crippen molar-refractivity contribution in [2.45, 2.75) is 26.7 Å². The van der Waals surface area contributed by atoms with Gasteiger partial charge in [0.15, 0.2) is 18.1 Å². The highest BCUT2D eigenvalue weighted by Crippen LogP contribution is 2.32. The molecule has 2 aromatic carbocycles. The number of hydrogen-bond acceptors (Lipinski definition) is 6. The van der Waals surface area contributed by atoms with Gasteiger partial charge in [-0.3, -0.25) is 4.79 Å². The van der Waals surface area contributed by atoms with Gasteiger partial charge < -0.3 is 19.3 Å². The van der Waals surface area contributed by atoms with E-state index in [4.69, 9.17) is 14.0 Å². The average molecular weight is 395 g/mol. The summed E-state index contributed by atoms with van der Waals surface area (Å²) in [5, 5.41) is 6.87. The molecule has 1 N–H and O–H groups in total. The summed E-state index contributed by atoms with van der Waals surface area (Å²) in [6.45, 7) is 4.67. The van der Waals surface area contributed by atoms with E-state index in [2.05, 4.69) is 22.4 Å². The van der Waals surface area contributed by atoms with Crippen LogP contribution in [0.25, 0.3) is 22.8 Å². The molecule has 0 aliphatic carbocycles. The predicted octanol–water partition coefficient (Wildman–Crippen LogP) is 4.02. The van der Waals surface area contributed by atoms with E-state index in [1.165, 1.54) is 0 Å². The Bertz CT molecular complexity index is 951. The molecular weight excluding hydrogens is 370 g/mol. The Balaban J connectivity index is 1.70. The number of rotatable bonds is 9. The lowest BCUT2D eigenvalue weighted by Crippen LogP contribution is -2.29. The molecule has 152 valence electrons. The van der Waals surface area contributed by atoms with Gasteiger partial charge in [0.05, 0.1) is 7.11 Å². The molecule has 1 heterocycles. The topological polar surface area (TPSA) is 86.5 Å². The fourth-order valence-electron chi connectivity index (χ4n) is 2.68. The van der Waals surface area contributed by atoms with Crippen molar-refractivity contribution in [1.82, 2.24) is 15.5 Å². The standard InChI is InChI=1S/C22H25N3O4/c1-4-5-12-23-20(26)14-28-18-11-10-17(13-19(18)27-3)21-24-22(29-25-21)16-8-6-15(2)7-9-16/h6-11,13H,4-5,12,14H2,1-3H3,(H,23,26). The second-order valence-corrected chi connectivity index (χ2v) is 6.65. The van der Waals surface area contributed by atoms with Crippen molar-refractivity contribution in [2.75, 3.05) is 20.3 Å². The Kier molecular flexibility index (Phi) is 6.84. The maximum absolute atomic E-state index is 11.8. The Morgan fingerprint density at radius 2 is 1.86 bits per heavy atom. The minimum absolute atomic E-state index is 0.0702. The van der Waals surface area contributed by atoms with Crippen molar-refractivity contribution in [3.8, 4) is 34.3 Å². The molecule has 0 radical (unpaired) electrons. The van der Waals surface area contributed by atoms with E-state index < -0.39 is 0 Å². The van der Waals surface area contributed by atoms with Gasteiger partial charge in [-0.05, 0) is 43.7 Å². The van der Waals surface area contributed by atoms with Crippen LogP contribution in [0.4, 0.5) is 0 Å². The summed E-state index contributed by atoms with van der Waals surface area (Å²) in [7, 11) is 1.54. The summed E-state index contributed by atoms with van der Waals surface area (Å²) in [6.07, 6.45) is 1.97. The summed E-state index contributed by atoms with van der Waals surface area (Å²) >= 11 is 0. The number of nitrogens with one attached hydrogen (secondary N) is 1. The predicted molar refractivity (Wildman–Crippen MR) is 110 cm³/mol. The molecule has 0 fully saturated rings. The van der Waals surface area contributed by atoms with Crippen LogP contribution in [0, 0.1) is 6.92 Å². The van der Waals surface area contributed by atoms with Crippen LogP contribution < -0.4 is 14.8 Å². The molecule has 0 saturated carbocycles. The number of aryl methyl sites for hydroxylation is 1. The maximum Gasteiger partial charge on any atom is 0.258 e. The summed E-state index contributed by atoms with van der Waals surface area (Å²) in [5.41, 5.74) is 2.74. The quantitative estimate of drug-likeness (QED) is 0.551. The first kappa shape index (κ1) is 20.4. The summed E-state index contributed by atoms with van der Waals surface area (Å²) in [4.78, 5) is 16.3.